The van der Waals surface area contributed by atoms with Crippen LogP contribution in [0.5, 0.6) is 0 Å². The van der Waals surface area contributed by atoms with Crippen molar-refractivity contribution in [3.05, 3.63) is 0 Å². The molecule has 0 saturated heterocycles. The molecule has 0 heterocycles. The molecule has 0 aliphatic carbocycles. The van der Waals surface area contributed by atoms with Crippen LogP contribution >= 0.6 is 0 Å². The molecule has 0 aliphatic rings. The van der Waals surface area contributed by atoms with Crippen molar-refractivity contribution < 1.29 is 8.42 Å². The van der Waals surface area contributed by atoms with Crippen LogP contribution in [0.4, 0.5) is 0 Å². The van der Waals surface area contributed by atoms with E-state index in [9.17, 15) is 8.42 Å². The molecule has 74 valence electrons. The van der Waals surface area contributed by atoms with E-state index in [0.717, 1.165) is 13.0 Å². The molecule has 0 aromatic rings. The predicted octanol–water partition coefficient (Wildman–Crippen LogP) is 0.667. The van der Waals surface area contributed by atoms with Gasteiger partial charge in [0.2, 0.25) is 0 Å². The first kappa shape index (κ1) is 11.9. The predicted molar refractivity (Wildman–Crippen MR) is 52.0 cm³/mol. The first-order chi connectivity index (χ1) is 5.42. The Hall–Kier alpha value is -0.0900. The van der Waals surface area contributed by atoms with Gasteiger partial charge in [0.25, 0.3) is 0 Å². The highest BCUT2D eigenvalue weighted by Gasteiger charge is 2.00. The van der Waals surface area contributed by atoms with Gasteiger partial charge in [-0.2, -0.15) is 0 Å². The molecule has 0 spiro atoms. The lowest BCUT2D eigenvalue weighted by atomic mass is 10.1. The standard InChI is InChI=1S/C8H19NO2S/c1-8(2)4-5-9-6-7-12(3,10)11/h8-9H,4-7H2,1-3H3. The molecule has 0 aromatic heterocycles. The molecule has 12 heavy (non-hydrogen) atoms. The minimum atomic E-state index is -2.79. The second-order valence-corrected chi connectivity index (χ2v) is 5.82. The summed E-state index contributed by atoms with van der Waals surface area (Å²) < 4.78 is 21.4. The van der Waals surface area contributed by atoms with E-state index in [1.54, 1.807) is 0 Å². The second-order valence-electron chi connectivity index (χ2n) is 3.56. The van der Waals surface area contributed by atoms with E-state index in [0.29, 0.717) is 12.5 Å². The molecule has 0 unspecified atom stereocenters. The zero-order chi connectivity index (χ0) is 9.61. The first-order valence-corrected chi connectivity index (χ1v) is 6.36. The maximum absolute atomic E-state index is 10.7. The molecule has 0 rings (SSSR count). The van der Waals surface area contributed by atoms with Gasteiger partial charge in [0, 0.05) is 12.8 Å². The van der Waals surface area contributed by atoms with Crippen molar-refractivity contribution in [1.29, 1.82) is 0 Å². The molecule has 0 aliphatic heterocycles. The fourth-order valence-corrected chi connectivity index (χ4v) is 1.29. The molecule has 0 saturated carbocycles. The van der Waals surface area contributed by atoms with Crippen LogP contribution in [0.25, 0.3) is 0 Å². The lowest BCUT2D eigenvalue weighted by Gasteiger charge is -2.05. The molecule has 4 heteroatoms. The molecule has 0 radical (unpaired) electrons. The smallest absolute Gasteiger partial charge is 0.148 e. The van der Waals surface area contributed by atoms with Gasteiger partial charge in [-0.15, -0.1) is 0 Å². The Morgan fingerprint density at radius 2 is 1.83 bits per heavy atom. The Labute approximate surface area is 75.5 Å². The van der Waals surface area contributed by atoms with Crippen molar-refractivity contribution in [2.45, 2.75) is 20.3 Å². The Morgan fingerprint density at radius 1 is 1.25 bits per heavy atom. The van der Waals surface area contributed by atoms with E-state index >= 15 is 0 Å². The van der Waals surface area contributed by atoms with E-state index in [4.69, 9.17) is 0 Å². The van der Waals surface area contributed by atoms with Crippen LogP contribution in [0.1, 0.15) is 20.3 Å². The average Bonchev–Trinajstić information content (AvgIpc) is 1.83. The van der Waals surface area contributed by atoms with Crippen molar-refractivity contribution in [3.8, 4) is 0 Å². The molecule has 1 N–H and O–H groups in total. The first-order valence-electron chi connectivity index (χ1n) is 4.30. The largest absolute Gasteiger partial charge is 0.316 e. The molecular formula is C8H19NO2S. The van der Waals surface area contributed by atoms with Crippen LogP contribution in [0, 0.1) is 5.92 Å². The van der Waals surface area contributed by atoms with Crippen LogP contribution in [0.2, 0.25) is 0 Å². The summed E-state index contributed by atoms with van der Waals surface area (Å²) in [6.45, 7) is 5.79. The Morgan fingerprint density at radius 3 is 2.25 bits per heavy atom. The highest BCUT2D eigenvalue weighted by molar-refractivity contribution is 7.90. The van der Waals surface area contributed by atoms with Crippen molar-refractivity contribution in [2.24, 2.45) is 5.92 Å². The third kappa shape index (κ3) is 9.91. The Kier molecular flexibility index (Phi) is 5.50. The zero-order valence-corrected chi connectivity index (χ0v) is 8.95. The summed E-state index contributed by atoms with van der Waals surface area (Å²) in [5.41, 5.74) is 0. The molecule has 0 atom stereocenters. The summed E-state index contributed by atoms with van der Waals surface area (Å²) in [5.74, 6) is 0.918. The van der Waals surface area contributed by atoms with Gasteiger partial charge in [0.15, 0.2) is 0 Å². The molecular weight excluding hydrogens is 174 g/mol. The summed E-state index contributed by atoms with van der Waals surface area (Å²) in [4.78, 5) is 0. The van der Waals surface area contributed by atoms with Crippen molar-refractivity contribution >= 4 is 9.84 Å². The minimum Gasteiger partial charge on any atom is -0.316 e. The Balaban J connectivity index is 3.23. The Bertz CT molecular complexity index is 197. The fourth-order valence-electron chi connectivity index (χ4n) is 0.773. The molecule has 0 bridgehead atoms. The molecule has 0 amide bonds. The molecule has 0 aromatic carbocycles. The summed E-state index contributed by atoms with van der Waals surface area (Å²) in [6.07, 6.45) is 2.36. The van der Waals surface area contributed by atoms with Gasteiger partial charge in [-0.05, 0) is 18.9 Å². The van der Waals surface area contributed by atoms with E-state index < -0.39 is 9.84 Å². The minimum absolute atomic E-state index is 0.241. The van der Waals surface area contributed by atoms with E-state index in [1.807, 2.05) is 0 Å². The van der Waals surface area contributed by atoms with Gasteiger partial charge >= 0.3 is 0 Å². The summed E-state index contributed by atoms with van der Waals surface area (Å²) >= 11 is 0. The summed E-state index contributed by atoms with van der Waals surface area (Å²) in [7, 11) is -2.79. The SMILES string of the molecule is CC(C)CCNCCS(C)(=O)=O. The quantitative estimate of drug-likeness (QED) is 0.631. The van der Waals surface area contributed by atoms with Gasteiger partial charge in [-0.3, -0.25) is 0 Å². The monoisotopic (exact) mass is 193 g/mol. The summed E-state index contributed by atoms with van der Waals surface area (Å²) in [6, 6.07) is 0. The molecule has 0 fully saturated rings. The van der Waals surface area contributed by atoms with Crippen molar-refractivity contribution in [1.82, 2.24) is 5.32 Å². The van der Waals surface area contributed by atoms with Gasteiger partial charge in [0.05, 0.1) is 5.75 Å². The number of rotatable bonds is 6. The van der Waals surface area contributed by atoms with Gasteiger partial charge in [0.1, 0.15) is 9.84 Å². The third-order valence-corrected chi connectivity index (χ3v) is 2.49. The number of sulfone groups is 1. The van der Waals surface area contributed by atoms with Gasteiger partial charge in [-0.1, -0.05) is 13.8 Å². The van der Waals surface area contributed by atoms with Crippen LogP contribution in [-0.4, -0.2) is 33.5 Å². The van der Waals surface area contributed by atoms with Crippen molar-refractivity contribution in [2.75, 3.05) is 25.1 Å². The topological polar surface area (TPSA) is 46.2 Å². The maximum Gasteiger partial charge on any atom is 0.148 e. The van der Waals surface area contributed by atoms with E-state index in [1.165, 1.54) is 6.26 Å². The van der Waals surface area contributed by atoms with Gasteiger partial charge < -0.3 is 5.32 Å². The van der Waals surface area contributed by atoms with Gasteiger partial charge in [-0.25, -0.2) is 8.42 Å². The lowest BCUT2D eigenvalue weighted by molar-refractivity contribution is 0.543. The van der Waals surface area contributed by atoms with Crippen LogP contribution in [-0.2, 0) is 9.84 Å². The summed E-state index contributed by atoms with van der Waals surface area (Å²) in [5, 5.41) is 3.09. The number of hydrogen-bond donors (Lipinski definition) is 1. The highest BCUT2D eigenvalue weighted by Crippen LogP contribution is 1.95. The lowest BCUT2D eigenvalue weighted by Crippen LogP contribution is -2.24. The second kappa shape index (κ2) is 5.54. The van der Waals surface area contributed by atoms with Crippen LogP contribution in [0.15, 0.2) is 0 Å². The molecule has 3 nitrogen and oxygen atoms in total. The van der Waals surface area contributed by atoms with Crippen molar-refractivity contribution in [3.63, 3.8) is 0 Å². The fraction of sp³-hybridized carbons (Fsp3) is 1.00. The number of nitrogens with one attached hydrogen (secondary N) is 1. The highest BCUT2D eigenvalue weighted by atomic mass is 32.2. The van der Waals surface area contributed by atoms with E-state index in [2.05, 4.69) is 19.2 Å². The number of hydrogen-bond acceptors (Lipinski definition) is 3. The average molecular weight is 193 g/mol. The van der Waals surface area contributed by atoms with Crippen LogP contribution < -0.4 is 5.32 Å². The van der Waals surface area contributed by atoms with Crippen LogP contribution in [0.3, 0.4) is 0 Å². The zero-order valence-electron chi connectivity index (χ0n) is 8.13. The maximum atomic E-state index is 10.7. The van der Waals surface area contributed by atoms with E-state index in [-0.39, 0.29) is 5.75 Å². The third-order valence-electron chi connectivity index (χ3n) is 1.55. The normalized spacial score (nSPS) is 12.3.